The minimum atomic E-state index is -1.20. The number of amides is 3. The van der Waals surface area contributed by atoms with Gasteiger partial charge in [-0.05, 0) is 25.0 Å². The SMILES string of the molecule is CN1C(=O)[C@]2(Cc3ccccc3)CN(C(=O)[C@@H](COCc3ccccc3)NC(=O)C(C)(C)N)CCN2C1O. The van der Waals surface area contributed by atoms with Crippen molar-refractivity contribution in [2.24, 2.45) is 5.73 Å². The lowest BCUT2D eigenvalue weighted by Crippen LogP contribution is -2.67. The van der Waals surface area contributed by atoms with Gasteiger partial charge in [-0.2, -0.15) is 0 Å². The number of piperazine rings is 1. The largest absolute Gasteiger partial charge is 0.374 e. The molecule has 38 heavy (non-hydrogen) atoms. The summed E-state index contributed by atoms with van der Waals surface area (Å²) in [6, 6.07) is 18.1. The van der Waals surface area contributed by atoms with E-state index in [1.807, 2.05) is 60.7 Å². The molecule has 0 aliphatic carbocycles. The zero-order valence-electron chi connectivity index (χ0n) is 22.2. The predicted molar refractivity (Wildman–Crippen MR) is 141 cm³/mol. The van der Waals surface area contributed by atoms with Gasteiger partial charge < -0.3 is 30.7 Å². The van der Waals surface area contributed by atoms with Crippen LogP contribution >= 0.6 is 0 Å². The molecule has 2 aliphatic heterocycles. The molecule has 0 aromatic heterocycles. The van der Waals surface area contributed by atoms with Crippen LogP contribution in [0.25, 0.3) is 0 Å². The topological polar surface area (TPSA) is 128 Å². The number of nitrogens with zero attached hydrogens (tertiary/aromatic N) is 3. The number of fused-ring (bicyclic) bond motifs is 1. The average molecular weight is 524 g/mol. The van der Waals surface area contributed by atoms with Gasteiger partial charge in [-0.1, -0.05) is 60.7 Å². The summed E-state index contributed by atoms with van der Waals surface area (Å²) < 4.78 is 5.84. The zero-order valence-corrected chi connectivity index (χ0v) is 22.2. The van der Waals surface area contributed by atoms with E-state index in [-0.39, 0.29) is 38.1 Å². The summed E-state index contributed by atoms with van der Waals surface area (Å²) in [4.78, 5) is 44.8. The lowest BCUT2D eigenvalue weighted by Gasteiger charge is -2.46. The fraction of sp³-hybridized carbons (Fsp3) is 0.464. The molecule has 2 saturated heterocycles. The van der Waals surface area contributed by atoms with Crippen molar-refractivity contribution < 1.29 is 24.2 Å². The number of carbonyl (C=O) groups is 3. The summed E-state index contributed by atoms with van der Waals surface area (Å²) in [6.07, 6.45) is -0.749. The van der Waals surface area contributed by atoms with Crippen molar-refractivity contribution in [2.75, 3.05) is 33.3 Å². The van der Waals surface area contributed by atoms with Gasteiger partial charge in [-0.3, -0.25) is 14.4 Å². The van der Waals surface area contributed by atoms with E-state index in [0.717, 1.165) is 11.1 Å². The molecule has 10 nitrogen and oxygen atoms in total. The molecule has 2 aromatic carbocycles. The predicted octanol–water partition coefficient (Wildman–Crippen LogP) is 0.299. The van der Waals surface area contributed by atoms with Crippen molar-refractivity contribution in [3.63, 3.8) is 0 Å². The van der Waals surface area contributed by atoms with Crippen LogP contribution in [0.15, 0.2) is 60.7 Å². The van der Waals surface area contributed by atoms with E-state index in [2.05, 4.69) is 5.32 Å². The van der Waals surface area contributed by atoms with Crippen LogP contribution in [0.4, 0.5) is 0 Å². The first-order valence-electron chi connectivity index (χ1n) is 12.8. The molecule has 4 N–H and O–H groups in total. The monoisotopic (exact) mass is 523 g/mol. The standard InChI is InChI=1S/C28H37N5O5/c1-27(2,29)24(35)30-22(18-38-17-21-12-8-5-9-13-21)23(34)32-14-15-33-26(37)31(3)25(36)28(33,19-32)16-20-10-6-4-7-11-20/h4-13,22,26,37H,14-19,29H2,1-3H3,(H,30,35)/t22-,26?,28+/m1/s1. The first-order valence-corrected chi connectivity index (χ1v) is 12.8. The quantitative estimate of drug-likeness (QED) is 0.431. The summed E-state index contributed by atoms with van der Waals surface area (Å²) in [5, 5.41) is 13.6. The molecule has 2 heterocycles. The Bertz CT molecular complexity index is 1140. The Balaban J connectivity index is 1.56. The van der Waals surface area contributed by atoms with Crippen LogP contribution in [-0.2, 0) is 32.1 Å². The Morgan fingerprint density at radius 3 is 2.32 bits per heavy atom. The van der Waals surface area contributed by atoms with Crippen molar-refractivity contribution in [2.45, 2.75) is 50.3 Å². The molecule has 0 radical (unpaired) electrons. The number of rotatable bonds is 9. The summed E-state index contributed by atoms with van der Waals surface area (Å²) in [5.74, 6) is -1.10. The lowest BCUT2D eigenvalue weighted by molar-refractivity contribution is -0.148. The molecular weight excluding hydrogens is 486 g/mol. The highest BCUT2D eigenvalue weighted by molar-refractivity contribution is 5.93. The lowest BCUT2D eigenvalue weighted by atomic mass is 9.86. The highest BCUT2D eigenvalue weighted by Gasteiger charge is 2.59. The molecule has 0 spiro atoms. The second kappa shape index (κ2) is 11.2. The van der Waals surface area contributed by atoms with E-state index in [0.29, 0.717) is 13.0 Å². The number of hydrogen-bond acceptors (Lipinski definition) is 7. The minimum absolute atomic E-state index is 0.0576. The van der Waals surface area contributed by atoms with E-state index in [1.54, 1.807) is 30.7 Å². The molecule has 3 amide bonds. The maximum absolute atomic E-state index is 13.8. The minimum Gasteiger partial charge on any atom is -0.374 e. The fourth-order valence-corrected chi connectivity index (χ4v) is 5.06. The summed E-state index contributed by atoms with van der Waals surface area (Å²) in [7, 11) is 1.56. The normalized spacial score (nSPS) is 22.8. The van der Waals surface area contributed by atoms with Gasteiger partial charge in [0, 0.05) is 33.1 Å². The third-order valence-electron chi connectivity index (χ3n) is 7.19. The Morgan fingerprint density at radius 2 is 1.71 bits per heavy atom. The van der Waals surface area contributed by atoms with Crippen LogP contribution in [0, 0.1) is 0 Å². The first kappa shape index (κ1) is 27.7. The smallest absolute Gasteiger partial charge is 0.248 e. The van der Waals surface area contributed by atoms with Gasteiger partial charge in [-0.15, -0.1) is 0 Å². The average Bonchev–Trinajstić information content (AvgIpc) is 3.08. The molecule has 2 aliphatic rings. The van der Waals surface area contributed by atoms with Crippen molar-refractivity contribution >= 4 is 17.7 Å². The van der Waals surface area contributed by atoms with Crippen LogP contribution in [0.1, 0.15) is 25.0 Å². The van der Waals surface area contributed by atoms with Gasteiger partial charge >= 0.3 is 0 Å². The Morgan fingerprint density at radius 1 is 1.11 bits per heavy atom. The summed E-state index contributed by atoms with van der Waals surface area (Å²) in [6.45, 7) is 3.99. The fourth-order valence-electron chi connectivity index (χ4n) is 5.06. The third kappa shape index (κ3) is 5.73. The van der Waals surface area contributed by atoms with E-state index < -0.39 is 29.4 Å². The molecule has 4 rings (SSSR count). The zero-order chi connectivity index (χ0) is 27.5. The molecule has 2 aromatic rings. The maximum Gasteiger partial charge on any atom is 0.248 e. The molecule has 0 saturated carbocycles. The van der Waals surface area contributed by atoms with Gasteiger partial charge in [0.15, 0.2) is 6.35 Å². The number of benzene rings is 2. The Labute approximate surface area is 223 Å². The third-order valence-corrected chi connectivity index (χ3v) is 7.19. The van der Waals surface area contributed by atoms with Crippen LogP contribution in [-0.4, -0.2) is 94.3 Å². The molecule has 10 heteroatoms. The molecule has 3 atom stereocenters. The van der Waals surface area contributed by atoms with Crippen LogP contribution < -0.4 is 11.1 Å². The number of ether oxygens (including phenoxy) is 1. The highest BCUT2D eigenvalue weighted by Crippen LogP contribution is 2.36. The van der Waals surface area contributed by atoms with Gasteiger partial charge in [0.05, 0.1) is 18.8 Å². The van der Waals surface area contributed by atoms with Crippen LogP contribution in [0.5, 0.6) is 0 Å². The molecule has 204 valence electrons. The second-order valence-electron chi connectivity index (χ2n) is 10.7. The molecule has 0 bridgehead atoms. The number of nitrogens with two attached hydrogens (primary N) is 1. The van der Waals surface area contributed by atoms with Gasteiger partial charge in [0.1, 0.15) is 11.6 Å². The van der Waals surface area contributed by atoms with Gasteiger partial charge in [-0.25, -0.2) is 4.90 Å². The van der Waals surface area contributed by atoms with E-state index in [9.17, 15) is 19.5 Å². The van der Waals surface area contributed by atoms with E-state index in [1.165, 1.54) is 4.90 Å². The summed E-state index contributed by atoms with van der Waals surface area (Å²) >= 11 is 0. The first-order chi connectivity index (χ1) is 18.0. The van der Waals surface area contributed by atoms with Crippen LogP contribution in [0.2, 0.25) is 0 Å². The Kier molecular flexibility index (Phi) is 8.17. The molecule has 2 fully saturated rings. The van der Waals surface area contributed by atoms with Crippen molar-refractivity contribution in [1.29, 1.82) is 0 Å². The molecule has 1 unspecified atom stereocenters. The van der Waals surface area contributed by atoms with Gasteiger partial charge in [0.2, 0.25) is 17.7 Å². The van der Waals surface area contributed by atoms with Crippen LogP contribution in [0.3, 0.4) is 0 Å². The Hall–Kier alpha value is -3.31. The number of nitrogens with one attached hydrogen (secondary N) is 1. The number of likely N-dealkylation sites (N-methyl/N-ethyl adjacent to an activating group) is 1. The number of aliphatic hydroxyl groups excluding tert-OH is 1. The highest BCUT2D eigenvalue weighted by atomic mass is 16.5. The molecular formula is C28H37N5O5. The van der Waals surface area contributed by atoms with E-state index in [4.69, 9.17) is 10.5 Å². The van der Waals surface area contributed by atoms with Crippen molar-refractivity contribution in [1.82, 2.24) is 20.0 Å². The maximum atomic E-state index is 13.8. The summed E-state index contributed by atoms with van der Waals surface area (Å²) in [5.41, 5.74) is 5.52. The number of carbonyl (C=O) groups excluding carboxylic acids is 3. The number of hydrogen-bond donors (Lipinski definition) is 3. The second-order valence-corrected chi connectivity index (χ2v) is 10.7. The van der Waals surface area contributed by atoms with Gasteiger partial charge in [0.25, 0.3) is 0 Å². The van der Waals surface area contributed by atoms with E-state index >= 15 is 0 Å². The van der Waals surface area contributed by atoms with Crippen molar-refractivity contribution in [3.8, 4) is 0 Å². The van der Waals surface area contributed by atoms with Crippen molar-refractivity contribution in [3.05, 3.63) is 71.8 Å². The number of aliphatic hydroxyl groups is 1.